The SMILES string of the molecule is C[C@]12CC[C@H](O)C[C@@H]1CC[C@@H]1[C@@H]2CC[C@]2(C)[C@H](OS(=O)(=O)O)CC[C@@H]12. The van der Waals surface area contributed by atoms with Crippen molar-refractivity contribution in [2.75, 3.05) is 0 Å². The fraction of sp³-hybridized carbons (Fsp3) is 1.00. The maximum atomic E-state index is 11.3. The van der Waals surface area contributed by atoms with Crippen molar-refractivity contribution in [3.63, 3.8) is 0 Å². The minimum Gasteiger partial charge on any atom is -0.393 e. The first kappa shape index (κ1) is 18.2. The van der Waals surface area contributed by atoms with Crippen molar-refractivity contribution in [2.24, 2.45) is 34.5 Å². The van der Waals surface area contributed by atoms with E-state index >= 15 is 0 Å². The molecule has 0 radical (unpaired) electrons. The van der Waals surface area contributed by atoms with Crippen molar-refractivity contribution in [1.29, 1.82) is 0 Å². The van der Waals surface area contributed by atoms with Gasteiger partial charge in [-0.05, 0) is 92.3 Å². The van der Waals surface area contributed by atoms with Crippen LogP contribution >= 0.6 is 0 Å². The van der Waals surface area contributed by atoms with E-state index in [1.54, 1.807) is 0 Å². The highest BCUT2D eigenvalue weighted by Crippen LogP contribution is 2.66. The lowest BCUT2D eigenvalue weighted by molar-refractivity contribution is -0.131. The Morgan fingerprint density at radius 2 is 1.60 bits per heavy atom. The van der Waals surface area contributed by atoms with E-state index in [2.05, 4.69) is 13.8 Å². The van der Waals surface area contributed by atoms with Crippen molar-refractivity contribution in [3.8, 4) is 0 Å². The van der Waals surface area contributed by atoms with E-state index < -0.39 is 10.4 Å². The third-order valence-electron chi connectivity index (χ3n) is 8.79. The highest BCUT2D eigenvalue weighted by molar-refractivity contribution is 7.80. The quantitative estimate of drug-likeness (QED) is 0.724. The molecule has 6 heteroatoms. The van der Waals surface area contributed by atoms with Gasteiger partial charge in [0.1, 0.15) is 0 Å². The molecular formula is C19H32O5S. The van der Waals surface area contributed by atoms with Crippen molar-refractivity contribution >= 4 is 10.4 Å². The van der Waals surface area contributed by atoms with E-state index in [0.717, 1.165) is 44.9 Å². The van der Waals surface area contributed by atoms with Gasteiger partial charge in [-0.1, -0.05) is 13.8 Å². The Bertz CT molecular complexity index is 634. The topological polar surface area (TPSA) is 83.8 Å². The van der Waals surface area contributed by atoms with E-state index in [0.29, 0.717) is 29.1 Å². The maximum Gasteiger partial charge on any atom is 0.397 e. The predicted molar refractivity (Wildman–Crippen MR) is 94.2 cm³/mol. The van der Waals surface area contributed by atoms with E-state index in [4.69, 9.17) is 8.74 Å². The van der Waals surface area contributed by atoms with E-state index in [-0.39, 0.29) is 17.6 Å². The molecule has 8 atom stereocenters. The van der Waals surface area contributed by atoms with Gasteiger partial charge in [-0.3, -0.25) is 4.55 Å². The van der Waals surface area contributed by atoms with Crippen LogP contribution in [0.25, 0.3) is 0 Å². The number of fused-ring (bicyclic) bond motifs is 5. The van der Waals surface area contributed by atoms with Crippen LogP contribution in [0.15, 0.2) is 0 Å². The van der Waals surface area contributed by atoms with Crippen LogP contribution < -0.4 is 0 Å². The van der Waals surface area contributed by atoms with E-state index in [9.17, 15) is 13.5 Å². The molecule has 0 saturated heterocycles. The summed E-state index contributed by atoms with van der Waals surface area (Å²) in [5.74, 6) is 2.43. The minimum atomic E-state index is -4.39. The van der Waals surface area contributed by atoms with Crippen LogP contribution in [0.5, 0.6) is 0 Å². The van der Waals surface area contributed by atoms with Crippen molar-refractivity contribution in [2.45, 2.75) is 83.8 Å². The van der Waals surface area contributed by atoms with Crippen LogP contribution in [-0.4, -0.2) is 30.3 Å². The summed E-state index contributed by atoms with van der Waals surface area (Å²) in [7, 11) is -4.39. The summed E-state index contributed by atoms with van der Waals surface area (Å²) in [6.07, 6.45) is 8.69. The molecule has 0 aliphatic heterocycles. The van der Waals surface area contributed by atoms with Gasteiger partial charge in [0.2, 0.25) is 0 Å². The van der Waals surface area contributed by atoms with Gasteiger partial charge < -0.3 is 5.11 Å². The van der Waals surface area contributed by atoms with Gasteiger partial charge in [0, 0.05) is 0 Å². The molecule has 4 saturated carbocycles. The molecule has 0 heterocycles. The smallest absolute Gasteiger partial charge is 0.393 e. The zero-order chi connectivity index (χ0) is 18.0. The number of aliphatic hydroxyl groups excluding tert-OH is 1. The Labute approximate surface area is 151 Å². The van der Waals surface area contributed by atoms with Gasteiger partial charge in [-0.25, -0.2) is 4.18 Å². The zero-order valence-corrected chi connectivity index (χ0v) is 16.2. The van der Waals surface area contributed by atoms with Crippen LogP contribution in [0.1, 0.15) is 71.6 Å². The molecule has 5 nitrogen and oxygen atoms in total. The molecule has 4 aliphatic rings. The van der Waals surface area contributed by atoms with Gasteiger partial charge in [0.25, 0.3) is 0 Å². The van der Waals surface area contributed by atoms with Crippen LogP contribution in [-0.2, 0) is 14.6 Å². The standard InChI is InChI=1S/C19H32O5S/c1-18-9-7-13(20)11-12(18)3-4-14-15-5-6-17(24-25(21,22)23)19(15,2)10-8-16(14)18/h12-17,20H,3-11H2,1-2H3,(H,21,22,23)/t12-,13-,14-,15-,16-,17+,18-,19-/m0/s1. The molecule has 0 bridgehead atoms. The average molecular weight is 373 g/mol. The lowest BCUT2D eigenvalue weighted by atomic mass is 9.45. The molecule has 0 aromatic rings. The fourth-order valence-electron chi connectivity index (χ4n) is 7.49. The van der Waals surface area contributed by atoms with Gasteiger partial charge in [0.05, 0.1) is 12.2 Å². The third kappa shape index (κ3) is 2.88. The fourth-order valence-corrected chi connectivity index (χ4v) is 8.10. The lowest BCUT2D eigenvalue weighted by Crippen LogP contribution is -2.54. The van der Waals surface area contributed by atoms with Crippen molar-refractivity contribution in [1.82, 2.24) is 0 Å². The molecule has 0 amide bonds. The summed E-state index contributed by atoms with van der Waals surface area (Å²) in [6, 6.07) is 0. The molecule has 0 spiro atoms. The molecular weight excluding hydrogens is 340 g/mol. The second kappa shape index (κ2) is 5.91. The highest BCUT2D eigenvalue weighted by atomic mass is 32.3. The number of hydrogen-bond donors (Lipinski definition) is 2. The molecule has 4 fully saturated rings. The molecule has 4 rings (SSSR count). The molecule has 0 aromatic heterocycles. The van der Waals surface area contributed by atoms with E-state index in [1.165, 1.54) is 12.8 Å². The number of aliphatic hydroxyl groups is 1. The third-order valence-corrected chi connectivity index (χ3v) is 9.26. The van der Waals surface area contributed by atoms with Crippen molar-refractivity contribution in [3.05, 3.63) is 0 Å². The maximum absolute atomic E-state index is 11.3. The van der Waals surface area contributed by atoms with E-state index in [1.807, 2.05) is 0 Å². The minimum absolute atomic E-state index is 0.123. The molecule has 144 valence electrons. The van der Waals surface area contributed by atoms with Crippen LogP contribution in [0.2, 0.25) is 0 Å². The number of hydrogen-bond acceptors (Lipinski definition) is 4. The van der Waals surface area contributed by atoms with Gasteiger partial charge in [-0.15, -0.1) is 0 Å². The summed E-state index contributed by atoms with van der Waals surface area (Å²) in [4.78, 5) is 0. The van der Waals surface area contributed by atoms with Gasteiger partial charge in [0.15, 0.2) is 0 Å². The van der Waals surface area contributed by atoms with Gasteiger partial charge in [-0.2, -0.15) is 8.42 Å². The summed E-state index contributed by atoms with van der Waals surface area (Å²) in [5, 5.41) is 10.1. The first-order chi connectivity index (χ1) is 11.6. The Balaban J connectivity index is 1.58. The Morgan fingerprint density at radius 1 is 0.920 bits per heavy atom. The summed E-state index contributed by atoms with van der Waals surface area (Å²) < 4.78 is 36.8. The lowest BCUT2D eigenvalue weighted by Gasteiger charge is -2.60. The van der Waals surface area contributed by atoms with Crippen LogP contribution in [0.4, 0.5) is 0 Å². The summed E-state index contributed by atoms with van der Waals surface area (Å²) >= 11 is 0. The monoisotopic (exact) mass is 372 g/mol. The van der Waals surface area contributed by atoms with Crippen LogP contribution in [0, 0.1) is 34.5 Å². The summed E-state index contributed by atoms with van der Waals surface area (Å²) in [5.41, 5.74) is 0.180. The largest absolute Gasteiger partial charge is 0.397 e. The second-order valence-electron chi connectivity index (χ2n) is 9.72. The predicted octanol–water partition coefficient (Wildman–Crippen LogP) is 3.58. The van der Waals surface area contributed by atoms with Crippen molar-refractivity contribution < 1.29 is 22.3 Å². The zero-order valence-electron chi connectivity index (χ0n) is 15.4. The Morgan fingerprint density at radius 3 is 2.32 bits per heavy atom. The number of rotatable bonds is 2. The van der Waals surface area contributed by atoms with Gasteiger partial charge >= 0.3 is 10.4 Å². The highest BCUT2D eigenvalue weighted by Gasteiger charge is 2.61. The second-order valence-corrected chi connectivity index (χ2v) is 10.8. The molecule has 0 unspecified atom stereocenters. The molecule has 25 heavy (non-hydrogen) atoms. The molecule has 2 N–H and O–H groups in total. The first-order valence-electron chi connectivity index (χ1n) is 9.97. The summed E-state index contributed by atoms with van der Waals surface area (Å²) in [6.45, 7) is 4.62. The average Bonchev–Trinajstić information content (AvgIpc) is 2.83. The molecule has 4 aliphatic carbocycles. The Hall–Kier alpha value is -0.170. The normalized spacial score (nSPS) is 53.0. The van der Waals surface area contributed by atoms with Crippen LogP contribution in [0.3, 0.4) is 0 Å². The molecule has 0 aromatic carbocycles. The first-order valence-corrected chi connectivity index (χ1v) is 11.3. The Kier molecular flexibility index (Phi) is 4.31.